The van der Waals surface area contributed by atoms with E-state index in [0.717, 1.165) is 34.6 Å². The van der Waals surface area contributed by atoms with Gasteiger partial charge in [-0.1, -0.05) is 62.9 Å². The zero-order chi connectivity index (χ0) is 18.6. The zero-order valence-corrected chi connectivity index (χ0v) is 18.7. The van der Waals surface area contributed by atoms with Gasteiger partial charge in [0.25, 0.3) is 0 Å². The molecule has 0 aliphatic heterocycles. The van der Waals surface area contributed by atoms with Gasteiger partial charge in [0.1, 0.15) is 6.61 Å². The molecule has 5 heteroatoms. The second-order valence-electron chi connectivity index (χ2n) is 6.47. The molecule has 2 rings (SSSR count). The van der Waals surface area contributed by atoms with Crippen molar-refractivity contribution in [3.8, 4) is 11.5 Å². The van der Waals surface area contributed by atoms with Crippen molar-refractivity contribution in [3.05, 3.63) is 58.1 Å². The van der Waals surface area contributed by atoms with Crippen LogP contribution in [-0.2, 0) is 13.2 Å². The topological polar surface area (TPSA) is 30.5 Å². The highest BCUT2D eigenvalue weighted by atomic mass is 79.9. The van der Waals surface area contributed by atoms with E-state index in [1.165, 1.54) is 37.7 Å². The van der Waals surface area contributed by atoms with E-state index in [4.69, 9.17) is 9.47 Å². The number of methoxy groups -OCH3 is 1. The molecule has 2 aromatic carbocycles. The summed E-state index contributed by atoms with van der Waals surface area (Å²) in [6, 6.07) is 14.3. The Bertz CT molecular complexity index is 652. The minimum atomic E-state index is 0. The predicted octanol–water partition coefficient (Wildman–Crippen LogP) is 6.52. The Morgan fingerprint density at radius 1 is 0.963 bits per heavy atom. The number of ether oxygens (including phenoxy) is 2. The molecule has 2 aromatic rings. The van der Waals surface area contributed by atoms with Gasteiger partial charge in [0, 0.05) is 6.54 Å². The molecule has 0 amide bonds. The third kappa shape index (κ3) is 8.54. The first-order valence-electron chi connectivity index (χ1n) is 9.48. The highest BCUT2D eigenvalue weighted by Gasteiger charge is 2.12. The molecule has 0 atom stereocenters. The smallest absolute Gasteiger partial charge is 0.175 e. The summed E-state index contributed by atoms with van der Waals surface area (Å²) in [7, 11) is 1.68. The van der Waals surface area contributed by atoms with Crippen molar-refractivity contribution in [1.82, 2.24) is 5.32 Å². The molecule has 150 valence electrons. The molecule has 0 aromatic heterocycles. The van der Waals surface area contributed by atoms with Crippen LogP contribution in [0.4, 0.5) is 0 Å². The van der Waals surface area contributed by atoms with Gasteiger partial charge >= 0.3 is 0 Å². The fourth-order valence-corrected chi connectivity index (χ4v) is 3.44. The monoisotopic (exact) mass is 455 g/mol. The van der Waals surface area contributed by atoms with Crippen LogP contribution in [0, 0.1) is 0 Å². The van der Waals surface area contributed by atoms with Gasteiger partial charge in [0.05, 0.1) is 11.6 Å². The minimum absolute atomic E-state index is 0. The maximum atomic E-state index is 5.99. The van der Waals surface area contributed by atoms with Crippen LogP contribution in [0.5, 0.6) is 11.5 Å². The molecule has 27 heavy (non-hydrogen) atoms. The maximum Gasteiger partial charge on any atom is 0.175 e. The summed E-state index contributed by atoms with van der Waals surface area (Å²) in [5, 5.41) is 3.52. The molecule has 3 nitrogen and oxygen atoms in total. The summed E-state index contributed by atoms with van der Waals surface area (Å²) in [6.07, 6.45) is 6.51. The Hall–Kier alpha value is -1.23. The van der Waals surface area contributed by atoms with Crippen molar-refractivity contribution >= 4 is 28.3 Å². The SMILES string of the molecule is CCCCCCCNCc1cc(Br)c(OCc2ccccc2)c(OC)c1.Cl. The molecule has 0 unspecified atom stereocenters. The first kappa shape index (κ1) is 23.8. The van der Waals surface area contributed by atoms with Crippen LogP contribution in [0.25, 0.3) is 0 Å². The number of nitrogens with one attached hydrogen (secondary N) is 1. The van der Waals surface area contributed by atoms with E-state index in [2.05, 4.69) is 52.4 Å². The molecule has 1 N–H and O–H groups in total. The number of hydrogen-bond donors (Lipinski definition) is 1. The standard InChI is InChI=1S/C22H30BrNO2.ClH/c1-3-4-5-6-10-13-24-16-19-14-20(23)22(21(15-19)25-2)26-17-18-11-8-7-9-12-18;/h7-9,11-12,14-15,24H,3-6,10,13,16-17H2,1-2H3;1H. The van der Waals surface area contributed by atoms with Crippen LogP contribution in [0.15, 0.2) is 46.9 Å². The lowest BCUT2D eigenvalue weighted by atomic mass is 10.1. The van der Waals surface area contributed by atoms with Crippen LogP contribution in [-0.4, -0.2) is 13.7 Å². The Kier molecular flexibility index (Phi) is 12.2. The van der Waals surface area contributed by atoms with E-state index in [1.54, 1.807) is 7.11 Å². The lowest BCUT2D eigenvalue weighted by molar-refractivity contribution is 0.282. The van der Waals surface area contributed by atoms with E-state index >= 15 is 0 Å². The zero-order valence-electron chi connectivity index (χ0n) is 16.3. The fraction of sp³-hybridized carbons (Fsp3) is 0.455. The van der Waals surface area contributed by atoms with Gasteiger partial charge in [-0.3, -0.25) is 0 Å². The Balaban J connectivity index is 0.00000364. The number of rotatable bonds is 12. The Morgan fingerprint density at radius 2 is 1.70 bits per heavy atom. The highest BCUT2D eigenvalue weighted by molar-refractivity contribution is 9.10. The molecular formula is C22H31BrClNO2. The van der Waals surface area contributed by atoms with Gasteiger partial charge in [0.15, 0.2) is 11.5 Å². The number of halogens is 2. The highest BCUT2D eigenvalue weighted by Crippen LogP contribution is 2.37. The van der Waals surface area contributed by atoms with Crippen molar-refractivity contribution in [1.29, 1.82) is 0 Å². The molecular weight excluding hydrogens is 426 g/mol. The normalized spacial score (nSPS) is 10.3. The van der Waals surface area contributed by atoms with Crippen LogP contribution < -0.4 is 14.8 Å². The summed E-state index contributed by atoms with van der Waals surface area (Å²) in [4.78, 5) is 0. The maximum absolute atomic E-state index is 5.99. The molecule has 0 aliphatic rings. The van der Waals surface area contributed by atoms with E-state index in [0.29, 0.717) is 6.61 Å². The molecule has 0 saturated heterocycles. The summed E-state index contributed by atoms with van der Waals surface area (Å²) in [5.74, 6) is 1.51. The summed E-state index contributed by atoms with van der Waals surface area (Å²) < 4.78 is 12.5. The van der Waals surface area contributed by atoms with Gasteiger partial charge in [0.2, 0.25) is 0 Å². The van der Waals surface area contributed by atoms with Crippen molar-refractivity contribution in [3.63, 3.8) is 0 Å². The second kappa shape index (κ2) is 13.9. The van der Waals surface area contributed by atoms with Crippen LogP contribution in [0.2, 0.25) is 0 Å². The van der Waals surface area contributed by atoms with E-state index in [9.17, 15) is 0 Å². The molecule has 0 radical (unpaired) electrons. The number of unbranched alkanes of at least 4 members (excludes halogenated alkanes) is 4. The van der Waals surface area contributed by atoms with Crippen molar-refractivity contribution < 1.29 is 9.47 Å². The fourth-order valence-electron chi connectivity index (χ4n) is 2.83. The number of hydrogen-bond acceptors (Lipinski definition) is 3. The summed E-state index contributed by atoms with van der Waals surface area (Å²) in [5.41, 5.74) is 2.32. The van der Waals surface area contributed by atoms with E-state index in [1.807, 2.05) is 18.2 Å². The average molecular weight is 457 g/mol. The Labute approximate surface area is 178 Å². The van der Waals surface area contributed by atoms with Crippen LogP contribution >= 0.6 is 28.3 Å². The average Bonchev–Trinajstić information content (AvgIpc) is 2.67. The summed E-state index contributed by atoms with van der Waals surface area (Å²) in [6.45, 7) is 4.65. The van der Waals surface area contributed by atoms with Gasteiger partial charge < -0.3 is 14.8 Å². The second-order valence-corrected chi connectivity index (χ2v) is 7.33. The minimum Gasteiger partial charge on any atom is -0.493 e. The van der Waals surface area contributed by atoms with Crippen molar-refractivity contribution in [2.75, 3.05) is 13.7 Å². The van der Waals surface area contributed by atoms with E-state index < -0.39 is 0 Å². The molecule has 0 heterocycles. The largest absolute Gasteiger partial charge is 0.493 e. The quantitative estimate of drug-likeness (QED) is 0.369. The van der Waals surface area contributed by atoms with Crippen LogP contribution in [0.1, 0.15) is 50.2 Å². The molecule has 0 bridgehead atoms. The van der Waals surface area contributed by atoms with Gasteiger partial charge in [-0.05, 0) is 52.2 Å². The van der Waals surface area contributed by atoms with Crippen molar-refractivity contribution in [2.24, 2.45) is 0 Å². The third-order valence-electron chi connectivity index (χ3n) is 4.30. The first-order valence-corrected chi connectivity index (χ1v) is 10.3. The van der Waals surface area contributed by atoms with Gasteiger partial charge in [-0.25, -0.2) is 0 Å². The molecule has 0 saturated carbocycles. The third-order valence-corrected chi connectivity index (χ3v) is 4.89. The molecule has 0 fully saturated rings. The molecule has 0 aliphatic carbocycles. The van der Waals surface area contributed by atoms with E-state index in [-0.39, 0.29) is 12.4 Å². The van der Waals surface area contributed by atoms with Gasteiger partial charge in [-0.2, -0.15) is 0 Å². The lowest BCUT2D eigenvalue weighted by Crippen LogP contribution is -2.14. The summed E-state index contributed by atoms with van der Waals surface area (Å²) >= 11 is 3.63. The van der Waals surface area contributed by atoms with Crippen molar-refractivity contribution in [2.45, 2.75) is 52.2 Å². The van der Waals surface area contributed by atoms with Crippen LogP contribution in [0.3, 0.4) is 0 Å². The lowest BCUT2D eigenvalue weighted by Gasteiger charge is -2.15. The first-order chi connectivity index (χ1) is 12.7. The predicted molar refractivity (Wildman–Crippen MR) is 119 cm³/mol. The Morgan fingerprint density at radius 3 is 2.41 bits per heavy atom. The number of benzene rings is 2. The van der Waals surface area contributed by atoms with Gasteiger partial charge in [-0.15, -0.1) is 12.4 Å². The molecule has 0 spiro atoms.